The fourth-order valence-electron chi connectivity index (χ4n) is 4.28. The van der Waals surface area contributed by atoms with Gasteiger partial charge in [-0.1, -0.05) is 6.07 Å². The van der Waals surface area contributed by atoms with E-state index in [0.29, 0.717) is 47.8 Å². The highest BCUT2D eigenvalue weighted by Gasteiger charge is 2.33. The summed E-state index contributed by atoms with van der Waals surface area (Å²) >= 11 is 0. The molecule has 0 bridgehead atoms. The summed E-state index contributed by atoms with van der Waals surface area (Å²) in [5.74, 6) is 1.36. The number of methoxy groups -OCH3 is 1. The van der Waals surface area contributed by atoms with E-state index in [2.05, 4.69) is 30.4 Å². The molecule has 2 aliphatic rings. The van der Waals surface area contributed by atoms with E-state index in [1.54, 1.807) is 25.3 Å². The number of alkyl halides is 1. The highest BCUT2D eigenvalue weighted by atomic mass is 19.1. The lowest BCUT2D eigenvalue weighted by molar-refractivity contribution is 0.148. The SMILES string of the molecule is COc1cc(-c2ccc(-c3ccc(N4CC[C@@H](N[C@H]5C[C@H](F)C5)C4)nn3)c(O)c2)ncn1. The monoisotopic (exact) mass is 436 g/mol. The molecule has 2 N–H and O–H groups in total. The summed E-state index contributed by atoms with van der Waals surface area (Å²) in [4.78, 5) is 10.4. The number of halogens is 1. The van der Waals surface area contributed by atoms with Gasteiger partial charge >= 0.3 is 0 Å². The Balaban J connectivity index is 1.27. The highest BCUT2D eigenvalue weighted by Crippen LogP contribution is 2.33. The summed E-state index contributed by atoms with van der Waals surface area (Å²) < 4.78 is 18.2. The summed E-state index contributed by atoms with van der Waals surface area (Å²) in [6.45, 7) is 1.73. The Kier molecular flexibility index (Phi) is 5.57. The van der Waals surface area contributed by atoms with Gasteiger partial charge in [-0.15, -0.1) is 10.2 Å². The predicted octanol–water partition coefficient (Wildman–Crippen LogP) is 2.98. The minimum Gasteiger partial charge on any atom is -0.507 e. The second-order valence-electron chi connectivity index (χ2n) is 8.32. The van der Waals surface area contributed by atoms with Gasteiger partial charge in [-0.25, -0.2) is 14.4 Å². The Morgan fingerprint density at radius 3 is 2.66 bits per heavy atom. The van der Waals surface area contributed by atoms with Crippen LogP contribution < -0.4 is 15.0 Å². The molecule has 0 amide bonds. The molecule has 0 spiro atoms. The smallest absolute Gasteiger partial charge is 0.216 e. The molecule has 0 unspecified atom stereocenters. The molecular weight excluding hydrogens is 411 g/mol. The predicted molar refractivity (Wildman–Crippen MR) is 118 cm³/mol. The molecule has 2 aromatic heterocycles. The van der Waals surface area contributed by atoms with E-state index in [1.165, 1.54) is 6.33 Å². The molecular formula is C23H25FN6O2. The van der Waals surface area contributed by atoms with E-state index in [-0.39, 0.29) is 5.75 Å². The zero-order valence-electron chi connectivity index (χ0n) is 17.8. The second kappa shape index (κ2) is 8.66. The van der Waals surface area contributed by atoms with Gasteiger partial charge in [0.1, 0.15) is 18.2 Å². The van der Waals surface area contributed by atoms with Gasteiger partial charge < -0.3 is 20.1 Å². The molecule has 1 atom stereocenters. The van der Waals surface area contributed by atoms with E-state index >= 15 is 0 Å². The Labute approximate surface area is 185 Å². The quantitative estimate of drug-likeness (QED) is 0.609. The number of nitrogens with one attached hydrogen (secondary N) is 1. The molecule has 166 valence electrons. The maximum absolute atomic E-state index is 13.0. The van der Waals surface area contributed by atoms with Crippen LogP contribution in [0.5, 0.6) is 11.6 Å². The Hall–Kier alpha value is -3.33. The number of nitrogens with zero attached hydrogens (tertiary/aromatic N) is 5. The van der Waals surface area contributed by atoms with E-state index < -0.39 is 6.17 Å². The van der Waals surface area contributed by atoms with Crippen LogP contribution in [0.25, 0.3) is 22.5 Å². The molecule has 1 aliphatic carbocycles. The highest BCUT2D eigenvalue weighted by molar-refractivity contribution is 5.73. The topological polar surface area (TPSA) is 96.3 Å². The van der Waals surface area contributed by atoms with Crippen molar-refractivity contribution in [3.05, 3.63) is 42.7 Å². The van der Waals surface area contributed by atoms with Gasteiger partial charge in [-0.2, -0.15) is 0 Å². The van der Waals surface area contributed by atoms with Crippen LogP contribution in [0.3, 0.4) is 0 Å². The van der Waals surface area contributed by atoms with Gasteiger partial charge in [-0.3, -0.25) is 0 Å². The molecule has 9 heteroatoms. The molecule has 0 radical (unpaired) electrons. The van der Waals surface area contributed by atoms with Crippen molar-refractivity contribution in [2.24, 2.45) is 0 Å². The minimum absolute atomic E-state index is 0.0965. The van der Waals surface area contributed by atoms with Gasteiger partial charge in [0.2, 0.25) is 5.88 Å². The van der Waals surface area contributed by atoms with Crippen molar-refractivity contribution in [2.75, 3.05) is 25.1 Å². The number of ether oxygens (including phenoxy) is 1. The average molecular weight is 436 g/mol. The first-order valence-electron chi connectivity index (χ1n) is 10.8. The van der Waals surface area contributed by atoms with Crippen LogP contribution in [-0.2, 0) is 0 Å². The molecule has 2 fully saturated rings. The molecule has 8 nitrogen and oxygen atoms in total. The number of benzene rings is 1. The molecule has 5 rings (SSSR count). The van der Waals surface area contributed by atoms with Crippen LogP contribution in [0.2, 0.25) is 0 Å². The lowest BCUT2D eigenvalue weighted by atomic mass is 9.90. The van der Waals surface area contributed by atoms with E-state index in [1.807, 2.05) is 18.2 Å². The zero-order chi connectivity index (χ0) is 22.1. The summed E-state index contributed by atoms with van der Waals surface area (Å²) in [5, 5.41) is 22.8. The summed E-state index contributed by atoms with van der Waals surface area (Å²) in [6.07, 6.45) is 3.03. The normalized spacial score (nSPS) is 22.6. The van der Waals surface area contributed by atoms with Gasteiger partial charge in [0.25, 0.3) is 0 Å². The molecule has 32 heavy (non-hydrogen) atoms. The van der Waals surface area contributed by atoms with Crippen LogP contribution in [0.1, 0.15) is 19.3 Å². The second-order valence-corrected chi connectivity index (χ2v) is 8.32. The van der Waals surface area contributed by atoms with Crippen LogP contribution in [0.15, 0.2) is 42.7 Å². The number of hydrogen-bond donors (Lipinski definition) is 2. The first-order valence-corrected chi connectivity index (χ1v) is 10.8. The van der Waals surface area contributed by atoms with Crippen LogP contribution in [0, 0.1) is 0 Å². The molecule has 1 aromatic carbocycles. The van der Waals surface area contributed by atoms with Gasteiger partial charge in [0, 0.05) is 42.4 Å². The van der Waals surface area contributed by atoms with Gasteiger partial charge in [-0.05, 0) is 43.5 Å². The Morgan fingerprint density at radius 1 is 1.06 bits per heavy atom. The Bertz CT molecular complexity index is 1090. The largest absolute Gasteiger partial charge is 0.507 e. The third-order valence-corrected chi connectivity index (χ3v) is 6.14. The first kappa shape index (κ1) is 20.6. The van der Waals surface area contributed by atoms with Gasteiger partial charge in [0.05, 0.1) is 18.5 Å². The number of hydrogen-bond acceptors (Lipinski definition) is 8. The standard InChI is InChI=1S/C23H25FN6O2/c1-32-23-11-20(25-13-26-23)14-2-3-18(21(31)8-14)19-4-5-22(29-28-19)30-7-6-16(12-30)27-17-9-15(24)10-17/h2-5,8,11,13,15-17,27,31H,6-7,9-10,12H2,1H3/t15-,16-,17-/m1/s1. The molecule has 1 aliphatic heterocycles. The number of aromatic hydroxyl groups is 1. The van der Waals surface area contributed by atoms with Crippen LogP contribution in [-0.4, -0.2) is 63.7 Å². The summed E-state index contributed by atoms with van der Waals surface area (Å²) in [7, 11) is 1.54. The van der Waals surface area contributed by atoms with E-state index in [0.717, 1.165) is 30.9 Å². The summed E-state index contributed by atoms with van der Waals surface area (Å²) in [5.41, 5.74) is 2.59. The number of anilines is 1. The van der Waals surface area contributed by atoms with Gasteiger partial charge in [0.15, 0.2) is 5.82 Å². The minimum atomic E-state index is -0.641. The molecule has 3 aromatic rings. The lowest BCUT2D eigenvalue weighted by Crippen LogP contribution is -2.48. The van der Waals surface area contributed by atoms with E-state index in [4.69, 9.17) is 4.74 Å². The zero-order valence-corrected chi connectivity index (χ0v) is 17.8. The fraction of sp³-hybridized carbons (Fsp3) is 0.391. The summed E-state index contributed by atoms with van der Waals surface area (Å²) in [6, 6.07) is 11.5. The van der Waals surface area contributed by atoms with Crippen molar-refractivity contribution in [1.29, 1.82) is 0 Å². The van der Waals surface area contributed by atoms with Crippen LogP contribution >= 0.6 is 0 Å². The van der Waals surface area contributed by atoms with Crippen molar-refractivity contribution in [1.82, 2.24) is 25.5 Å². The third-order valence-electron chi connectivity index (χ3n) is 6.14. The van der Waals surface area contributed by atoms with Crippen molar-refractivity contribution < 1.29 is 14.2 Å². The van der Waals surface area contributed by atoms with Crippen molar-refractivity contribution in [3.63, 3.8) is 0 Å². The maximum atomic E-state index is 13.0. The fourth-order valence-corrected chi connectivity index (χ4v) is 4.28. The van der Waals surface area contributed by atoms with Crippen LogP contribution in [0.4, 0.5) is 10.2 Å². The lowest BCUT2D eigenvalue weighted by Gasteiger charge is -2.33. The number of rotatable bonds is 6. The maximum Gasteiger partial charge on any atom is 0.216 e. The third kappa shape index (κ3) is 4.20. The van der Waals surface area contributed by atoms with E-state index in [9.17, 15) is 9.50 Å². The molecule has 3 heterocycles. The number of aromatic nitrogens is 4. The number of phenols is 1. The average Bonchev–Trinajstić information content (AvgIpc) is 3.27. The first-order chi connectivity index (χ1) is 15.6. The Morgan fingerprint density at radius 2 is 1.94 bits per heavy atom. The molecule has 1 saturated carbocycles. The molecule has 1 saturated heterocycles. The van der Waals surface area contributed by atoms with Crippen molar-refractivity contribution >= 4 is 5.82 Å². The van der Waals surface area contributed by atoms with Crippen molar-refractivity contribution in [3.8, 4) is 34.1 Å². The van der Waals surface area contributed by atoms with Crippen molar-refractivity contribution in [2.45, 2.75) is 37.5 Å². The number of phenolic OH excluding ortho intramolecular Hbond substituents is 1.